The number of nitrogens with one attached hydrogen (secondary N) is 2. The molecule has 2 aromatic rings. The van der Waals surface area contributed by atoms with Gasteiger partial charge in [-0.15, -0.1) is 0 Å². The first-order valence-electron chi connectivity index (χ1n) is 5.26. The second-order valence-electron chi connectivity index (χ2n) is 3.64. The van der Waals surface area contributed by atoms with Gasteiger partial charge in [0.25, 0.3) is 10.0 Å². The summed E-state index contributed by atoms with van der Waals surface area (Å²) in [5.74, 6) is 5.23. The molecule has 0 aliphatic rings. The maximum Gasteiger partial charge on any atom is 0.261 e. The third-order valence-electron chi connectivity index (χ3n) is 2.36. The second kappa shape index (κ2) is 5.07. The van der Waals surface area contributed by atoms with Crippen LogP contribution in [0.15, 0.2) is 59.5 Å². The Hall–Kier alpha value is -2.05. The van der Waals surface area contributed by atoms with Crippen molar-refractivity contribution in [3.05, 3.63) is 54.6 Å². The van der Waals surface area contributed by atoms with Crippen LogP contribution in [0.4, 0.5) is 11.4 Å². The minimum absolute atomic E-state index is 0.228. The fraction of sp³-hybridized carbons (Fsp3) is 0. The van der Waals surface area contributed by atoms with Crippen molar-refractivity contribution in [2.75, 3.05) is 10.1 Å². The summed E-state index contributed by atoms with van der Waals surface area (Å²) in [5.41, 5.74) is 3.66. The van der Waals surface area contributed by atoms with Crippen molar-refractivity contribution in [2.45, 2.75) is 4.90 Å². The molecule has 0 spiro atoms. The van der Waals surface area contributed by atoms with Gasteiger partial charge in [-0.3, -0.25) is 10.6 Å². The van der Waals surface area contributed by atoms with E-state index in [9.17, 15) is 8.42 Å². The predicted octanol–water partition coefficient (Wildman–Crippen LogP) is 1.77. The van der Waals surface area contributed by atoms with E-state index in [0.29, 0.717) is 11.4 Å². The quantitative estimate of drug-likeness (QED) is 0.580. The van der Waals surface area contributed by atoms with Crippen LogP contribution in [0.2, 0.25) is 0 Å². The molecule has 0 saturated heterocycles. The summed E-state index contributed by atoms with van der Waals surface area (Å²) >= 11 is 0. The molecule has 94 valence electrons. The zero-order chi connectivity index (χ0) is 13.0. The van der Waals surface area contributed by atoms with Crippen molar-refractivity contribution < 1.29 is 8.42 Å². The molecule has 0 aliphatic heterocycles. The van der Waals surface area contributed by atoms with Gasteiger partial charge in [0.05, 0.1) is 4.90 Å². The number of nitrogen functional groups attached to an aromatic ring is 1. The van der Waals surface area contributed by atoms with Crippen molar-refractivity contribution >= 4 is 21.4 Å². The zero-order valence-corrected chi connectivity index (χ0v) is 10.3. The number of anilines is 2. The van der Waals surface area contributed by atoms with Crippen LogP contribution in [0.1, 0.15) is 0 Å². The first-order valence-corrected chi connectivity index (χ1v) is 6.75. The molecule has 0 bridgehead atoms. The monoisotopic (exact) mass is 263 g/mol. The van der Waals surface area contributed by atoms with Gasteiger partial charge in [0.1, 0.15) is 0 Å². The standard InChI is InChI=1S/C12H13N3O2S/c13-14-10-6-8-11(9-7-10)15-18(16,17)12-4-2-1-3-5-12/h1-9,14-15H,13H2. The Labute approximate surface area is 106 Å². The molecular weight excluding hydrogens is 250 g/mol. The number of benzene rings is 2. The fourth-order valence-corrected chi connectivity index (χ4v) is 2.53. The summed E-state index contributed by atoms with van der Waals surface area (Å²) in [4.78, 5) is 0.228. The summed E-state index contributed by atoms with van der Waals surface area (Å²) in [5, 5.41) is 0. The van der Waals surface area contributed by atoms with E-state index in [-0.39, 0.29) is 4.90 Å². The van der Waals surface area contributed by atoms with E-state index < -0.39 is 10.0 Å². The van der Waals surface area contributed by atoms with Crippen molar-refractivity contribution in [2.24, 2.45) is 5.84 Å². The summed E-state index contributed by atoms with van der Waals surface area (Å²) in [7, 11) is -3.53. The van der Waals surface area contributed by atoms with Gasteiger partial charge < -0.3 is 5.43 Å². The molecule has 5 nitrogen and oxygen atoms in total. The van der Waals surface area contributed by atoms with Crippen LogP contribution in [0, 0.1) is 0 Å². The van der Waals surface area contributed by atoms with E-state index in [4.69, 9.17) is 5.84 Å². The van der Waals surface area contributed by atoms with Gasteiger partial charge in [-0.05, 0) is 36.4 Å². The summed E-state index contributed by atoms with van der Waals surface area (Å²) in [6, 6.07) is 14.8. The van der Waals surface area contributed by atoms with Crippen LogP contribution in [0.5, 0.6) is 0 Å². The van der Waals surface area contributed by atoms with Crippen LogP contribution < -0.4 is 16.0 Å². The van der Waals surface area contributed by atoms with Crippen molar-refractivity contribution in [1.82, 2.24) is 0 Å². The summed E-state index contributed by atoms with van der Waals surface area (Å²) in [6.45, 7) is 0. The van der Waals surface area contributed by atoms with Gasteiger partial charge in [0.15, 0.2) is 0 Å². The normalized spacial score (nSPS) is 10.9. The first kappa shape index (κ1) is 12.4. The lowest BCUT2D eigenvalue weighted by Gasteiger charge is -2.08. The van der Waals surface area contributed by atoms with Gasteiger partial charge in [-0.2, -0.15) is 0 Å². The Morgan fingerprint density at radius 1 is 0.833 bits per heavy atom. The largest absolute Gasteiger partial charge is 0.324 e. The molecule has 0 heterocycles. The Morgan fingerprint density at radius 2 is 1.39 bits per heavy atom. The van der Waals surface area contributed by atoms with Crippen LogP contribution in [0.3, 0.4) is 0 Å². The van der Waals surface area contributed by atoms with Gasteiger partial charge in [-0.1, -0.05) is 18.2 Å². The molecule has 0 atom stereocenters. The third-order valence-corrected chi connectivity index (χ3v) is 3.75. The molecular formula is C12H13N3O2S. The highest BCUT2D eigenvalue weighted by atomic mass is 32.2. The topological polar surface area (TPSA) is 84.2 Å². The van der Waals surface area contributed by atoms with Crippen LogP contribution in [0.25, 0.3) is 0 Å². The van der Waals surface area contributed by atoms with E-state index in [1.807, 2.05) is 0 Å². The number of hydrogen-bond acceptors (Lipinski definition) is 4. The molecule has 2 rings (SSSR count). The Morgan fingerprint density at radius 3 is 1.94 bits per heavy atom. The highest BCUT2D eigenvalue weighted by Crippen LogP contribution is 2.17. The average Bonchev–Trinajstić information content (AvgIpc) is 2.40. The lowest BCUT2D eigenvalue weighted by Crippen LogP contribution is -2.13. The molecule has 0 fully saturated rings. The van der Waals surface area contributed by atoms with Crippen LogP contribution in [-0.4, -0.2) is 8.42 Å². The van der Waals surface area contributed by atoms with E-state index in [2.05, 4.69) is 10.1 Å². The smallest absolute Gasteiger partial charge is 0.261 e. The molecule has 0 aliphatic carbocycles. The second-order valence-corrected chi connectivity index (χ2v) is 5.32. The number of sulfonamides is 1. The lowest BCUT2D eigenvalue weighted by atomic mass is 10.3. The predicted molar refractivity (Wildman–Crippen MR) is 71.5 cm³/mol. The number of nitrogens with two attached hydrogens (primary N) is 1. The van der Waals surface area contributed by atoms with Gasteiger partial charge >= 0.3 is 0 Å². The minimum Gasteiger partial charge on any atom is -0.324 e. The summed E-state index contributed by atoms with van der Waals surface area (Å²) < 4.78 is 26.5. The van der Waals surface area contributed by atoms with Crippen LogP contribution >= 0.6 is 0 Å². The third kappa shape index (κ3) is 2.79. The Bertz CT molecular complexity index is 610. The van der Waals surface area contributed by atoms with Crippen molar-refractivity contribution in [3.63, 3.8) is 0 Å². The van der Waals surface area contributed by atoms with Crippen molar-refractivity contribution in [1.29, 1.82) is 0 Å². The Kier molecular flexibility index (Phi) is 3.50. The number of rotatable bonds is 4. The minimum atomic E-state index is -3.53. The average molecular weight is 263 g/mol. The first-order chi connectivity index (χ1) is 8.62. The zero-order valence-electron chi connectivity index (χ0n) is 9.50. The fourth-order valence-electron chi connectivity index (χ4n) is 1.45. The van der Waals surface area contributed by atoms with Gasteiger partial charge in [0.2, 0.25) is 0 Å². The van der Waals surface area contributed by atoms with Crippen molar-refractivity contribution in [3.8, 4) is 0 Å². The highest BCUT2D eigenvalue weighted by Gasteiger charge is 2.12. The highest BCUT2D eigenvalue weighted by molar-refractivity contribution is 7.92. The van der Waals surface area contributed by atoms with Gasteiger partial charge in [0, 0.05) is 11.4 Å². The maximum atomic E-state index is 12.0. The molecule has 0 aromatic heterocycles. The maximum absolute atomic E-state index is 12.0. The SMILES string of the molecule is NNc1ccc(NS(=O)(=O)c2ccccc2)cc1. The van der Waals surface area contributed by atoms with E-state index in [1.54, 1.807) is 42.5 Å². The molecule has 0 radical (unpaired) electrons. The van der Waals surface area contributed by atoms with E-state index in [0.717, 1.165) is 0 Å². The number of hydrogen-bond donors (Lipinski definition) is 3. The molecule has 0 amide bonds. The molecule has 0 saturated carbocycles. The molecule has 0 unspecified atom stereocenters. The molecule has 2 aromatic carbocycles. The van der Waals surface area contributed by atoms with E-state index in [1.165, 1.54) is 12.1 Å². The lowest BCUT2D eigenvalue weighted by molar-refractivity contribution is 0.601. The number of hydrazine groups is 1. The summed E-state index contributed by atoms with van der Waals surface area (Å²) in [6.07, 6.45) is 0. The Balaban J connectivity index is 2.22. The van der Waals surface area contributed by atoms with E-state index >= 15 is 0 Å². The molecule has 4 N–H and O–H groups in total. The van der Waals surface area contributed by atoms with Crippen LogP contribution in [-0.2, 0) is 10.0 Å². The molecule has 6 heteroatoms. The molecule has 18 heavy (non-hydrogen) atoms. The van der Waals surface area contributed by atoms with Gasteiger partial charge in [-0.25, -0.2) is 8.42 Å².